The van der Waals surface area contributed by atoms with Crippen LogP contribution in [0.4, 0.5) is 11.4 Å². The zero-order valence-corrected chi connectivity index (χ0v) is 19.6. The van der Waals surface area contributed by atoms with Crippen molar-refractivity contribution >= 4 is 35.1 Å². The minimum absolute atomic E-state index is 0.0969. The molecule has 0 unspecified atom stereocenters. The molecule has 2 aromatic carbocycles. The first-order chi connectivity index (χ1) is 16.8. The van der Waals surface area contributed by atoms with Gasteiger partial charge in [-0.15, -0.1) is 0 Å². The van der Waals surface area contributed by atoms with E-state index in [9.17, 15) is 19.2 Å². The lowest BCUT2D eigenvalue weighted by atomic mass is 9.85. The highest BCUT2D eigenvalue weighted by Crippen LogP contribution is 2.53. The Bertz CT molecular complexity index is 1270. The van der Waals surface area contributed by atoms with Crippen LogP contribution in [0.25, 0.3) is 0 Å². The van der Waals surface area contributed by atoms with Crippen LogP contribution in [0.5, 0.6) is 5.75 Å². The van der Waals surface area contributed by atoms with E-state index in [1.165, 1.54) is 4.90 Å². The minimum atomic E-state index is -0.562. The fraction of sp³-hybridized carbons (Fsp3) is 0.357. The molecule has 2 bridgehead atoms. The van der Waals surface area contributed by atoms with E-state index in [1.807, 2.05) is 31.2 Å². The molecule has 2 aromatic rings. The monoisotopic (exact) mass is 470 g/mol. The zero-order chi connectivity index (χ0) is 24.4. The fourth-order valence-electron chi connectivity index (χ4n) is 6.12. The number of esters is 1. The number of nitrogens with zero attached hydrogens (tertiary/aromatic N) is 2. The van der Waals surface area contributed by atoms with Gasteiger partial charge >= 0.3 is 5.97 Å². The summed E-state index contributed by atoms with van der Waals surface area (Å²) in [6.07, 6.45) is 5.13. The molecule has 35 heavy (non-hydrogen) atoms. The van der Waals surface area contributed by atoms with E-state index in [0.717, 1.165) is 17.7 Å². The normalized spacial score (nSPS) is 28.9. The van der Waals surface area contributed by atoms with E-state index in [0.29, 0.717) is 17.0 Å². The summed E-state index contributed by atoms with van der Waals surface area (Å²) in [4.78, 5) is 54.5. The molecule has 0 aromatic heterocycles. The van der Waals surface area contributed by atoms with Crippen LogP contribution in [0, 0.1) is 43.4 Å². The molecule has 2 heterocycles. The lowest BCUT2D eigenvalue weighted by Crippen LogP contribution is -2.33. The maximum Gasteiger partial charge on any atom is 0.316 e. The second kappa shape index (κ2) is 7.90. The Kier molecular flexibility index (Phi) is 4.91. The number of aryl methyl sites for hydroxylation is 2. The number of rotatable bonds is 4. The topological polar surface area (TPSA) is 84.0 Å². The minimum Gasteiger partial charge on any atom is -0.426 e. The highest BCUT2D eigenvalue weighted by molar-refractivity contribution is 6.23. The first-order valence-electron chi connectivity index (χ1n) is 12.1. The van der Waals surface area contributed by atoms with Gasteiger partial charge in [0.2, 0.25) is 17.7 Å². The second-order valence-electron chi connectivity index (χ2n) is 10.1. The maximum absolute atomic E-state index is 13.1. The van der Waals surface area contributed by atoms with E-state index in [1.54, 1.807) is 30.0 Å². The summed E-state index contributed by atoms with van der Waals surface area (Å²) in [5, 5.41) is 0. The number of hydrogen-bond acceptors (Lipinski definition) is 5. The molecule has 2 aliphatic carbocycles. The number of anilines is 2. The van der Waals surface area contributed by atoms with Gasteiger partial charge in [-0.05, 0) is 68.0 Å². The number of allylic oxidation sites excluding steroid dienone is 2. The van der Waals surface area contributed by atoms with Crippen LogP contribution >= 0.6 is 0 Å². The van der Waals surface area contributed by atoms with Crippen LogP contribution in [-0.2, 0) is 19.2 Å². The van der Waals surface area contributed by atoms with E-state index in [-0.39, 0.29) is 54.4 Å². The molecule has 5 atom stereocenters. The van der Waals surface area contributed by atoms with E-state index in [4.69, 9.17) is 4.74 Å². The number of amides is 3. The average molecular weight is 471 g/mol. The Morgan fingerprint density at radius 1 is 0.914 bits per heavy atom. The summed E-state index contributed by atoms with van der Waals surface area (Å²) >= 11 is 0. The summed E-state index contributed by atoms with van der Waals surface area (Å²) in [6, 6.07) is 12.6. The number of fused-ring (bicyclic) bond motifs is 5. The van der Waals surface area contributed by atoms with E-state index in [2.05, 4.69) is 12.2 Å². The number of hydrogen-bond donors (Lipinski definition) is 0. The van der Waals surface area contributed by atoms with Crippen LogP contribution in [0.3, 0.4) is 0 Å². The molecule has 0 radical (unpaired) electrons. The van der Waals surface area contributed by atoms with Gasteiger partial charge in [-0.1, -0.05) is 29.8 Å². The predicted octanol–water partition coefficient (Wildman–Crippen LogP) is 3.57. The Morgan fingerprint density at radius 2 is 1.57 bits per heavy atom. The lowest BCUT2D eigenvalue weighted by molar-refractivity contribution is -0.139. The summed E-state index contributed by atoms with van der Waals surface area (Å²) in [5.74, 6) is -1.28. The molecule has 3 fully saturated rings. The van der Waals surface area contributed by atoms with Crippen molar-refractivity contribution in [2.45, 2.75) is 26.7 Å². The average Bonchev–Trinajstić information content (AvgIpc) is 3.59. The molecule has 2 saturated heterocycles. The van der Waals surface area contributed by atoms with E-state index >= 15 is 0 Å². The Labute approximate surface area is 203 Å². The van der Waals surface area contributed by atoms with Crippen molar-refractivity contribution in [2.24, 2.45) is 29.6 Å². The highest BCUT2D eigenvalue weighted by atomic mass is 16.5. The number of carbonyl (C=O) groups is 4. The lowest BCUT2D eigenvalue weighted by Gasteiger charge is -2.20. The molecular formula is C28H26N2O5. The molecule has 6 rings (SSSR count). The number of imide groups is 1. The van der Waals surface area contributed by atoms with Crippen molar-refractivity contribution in [3.63, 3.8) is 0 Å². The summed E-state index contributed by atoms with van der Waals surface area (Å²) in [6.45, 7) is 4.05. The first-order valence-corrected chi connectivity index (χ1v) is 12.1. The number of benzene rings is 2. The van der Waals surface area contributed by atoms with Crippen molar-refractivity contribution < 1.29 is 23.9 Å². The molecule has 7 heteroatoms. The van der Waals surface area contributed by atoms with Crippen molar-refractivity contribution in [1.29, 1.82) is 0 Å². The van der Waals surface area contributed by atoms with Crippen LogP contribution in [0.1, 0.15) is 24.0 Å². The standard InChI is InChI=1S/C28H26N2O5/c1-15-3-7-20(8-4-15)29-14-19(13-23(29)31)28(34)35-21-9-10-22(16(2)11-21)30-26(32)24-17-5-6-18(12-17)25(24)27(30)33/h3-11,17-19,24-25H,12-14H2,1-2H3/t17-,18+,19-,24-,25+/m0/s1. The number of carbonyl (C=O) groups excluding carboxylic acids is 4. The van der Waals surface area contributed by atoms with Gasteiger partial charge in [0, 0.05) is 18.7 Å². The third kappa shape index (κ3) is 3.40. The third-order valence-corrected chi connectivity index (χ3v) is 7.90. The Balaban J connectivity index is 1.15. The van der Waals surface area contributed by atoms with Gasteiger partial charge in [0.15, 0.2) is 0 Å². The summed E-state index contributed by atoms with van der Waals surface area (Å²) in [7, 11) is 0. The van der Waals surface area contributed by atoms with Crippen molar-refractivity contribution in [3.05, 3.63) is 65.7 Å². The molecule has 7 nitrogen and oxygen atoms in total. The fourth-order valence-corrected chi connectivity index (χ4v) is 6.12. The van der Waals surface area contributed by atoms with Gasteiger partial charge in [0.25, 0.3) is 0 Å². The van der Waals surface area contributed by atoms with Crippen LogP contribution in [-0.4, -0.2) is 30.2 Å². The molecule has 0 N–H and O–H groups in total. The van der Waals surface area contributed by atoms with Crippen molar-refractivity contribution in [1.82, 2.24) is 0 Å². The molecule has 0 spiro atoms. The van der Waals surface area contributed by atoms with Gasteiger partial charge in [-0.3, -0.25) is 19.2 Å². The molecule has 3 amide bonds. The van der Waals surface area contributed by atoms with Gasteiger partial charge in [-0.25, -0.2) is 4.90 Å². The molecule has 4 aliphatic rings. The van der Waals surface area contributed by atoms with Crippen LogP contribution < -0.4 is 14.5 Å². The number of ether oxygens (including phenoxy) is 1. The largest absolute Gasteiger partial charge is 0.426 e. The second-order valence-corrected chi connectivity index (χ2v) is 10.1. The predicted molar refractivity (Wildman–Crippen MR) is 129 cm³/mol. The zero-order valence-electron chi connectivity index (χ0n) is 19.6. The van der Waals surface area contributed by atoms with E-state index < -0.39 is 11.9 Å². The SMILES string of the molecule is Cc1ccc(N2C[C@@H](C(=O)Oc3ccc(N4C(=O)[C@@H]5[C@H](C4=O)[C@@H]4C=C[C@H]5C4)c(C)c3)CC2=O)cc1. The summed E-state index contributed by atoms with van der Waals surface area (Å²) in [5.41, 5.74) is 3.08. The maximum atomic E-state index is 13.1. The highest BCUT2D eigenvalue weighted by Gasteiger charge is 2.59. The van der Waals surface area contributed by atoms with Crippen LogP contribution in [0.2, 0.25) is 0 Å². The Hall–Kier alpha value is -3.74. The smallest absolute Gasteiger partial charge is 0.316 e. The Morgan fingerprint density at radius 3 is 2.20 bits per heavy atom. The first kappa shape index (κ1) is 21.8. The van der Waals surface area contributed by atoms with Gasteiger partial charge in [0.1, 0.15) is 5.75 Å². The summed E-state index contributed by atoms with van der Waals surface area (Å²) < 4.78 is 5.60. The van der Waals surface area contributed by atoms with Gasteiger partial charge < -0.3 is 9.64 Å². The van der Waals surface area contributed by atoms with Gasteiger partial charge in [0.05, 0.1) is 23.4 Å². The van der Waals surface area contributed by atoms with Crippen LogP contribution in [0.15, 0.2) is 54.6 Å². The van der Waals surface area contributed by atoms with Gasteiger partial charge in [-0.2, -0.15) is 0 Å². The third-order valence-electron chi connectivity index (χ3n) is 7.90. The molecule has 1 saturated carbocycles. The molecule has 178 valence electrons. The van der Waals surface area contributed by atoms with Crippen molar-refractivity contribution in [3.8, 4) is 5.75 Å². The molecular weight excluding hydrogens is 444 g/mol. The molecule has 2 aliphatic heterocycles. The van der Waals surface area contributed by atoms with Crippen molar-refractivity contribution in [2.75, 3.05) is 16.3 Å². The quantitative estimate of drug-likeness (QED) is 0.295.